The quantitative estimate of drug-likeness (QED) is 0.484. The summed E-state index contributed by atoms with van der Waals surface area (Å²) < 4.78 is 15.4. The van der Waals surface area contributed by atoms with Crippen LogP contribution in [0.1, 0.15) is 17.8 Å². The van der Waals surface area contributed by atoms with Crippen LogP contribution >= 0.6 is 11.3 Å². The molecular formula is C21H22N2O6S. The van der Waals surface area contributed by atoms with E-state index in [-0.39, 0.29) is 24.6 Å². The minimum absolute atomic E-state index is 0.188. The van der Waals surface area contributed by atoms with Gasteiger partial charge in [-0.1, -0.05) is 6.07 Å². The Morgan fingerprint density at radius 1 is 1.23 bits per heavy atom. The number of carbonyl (C=O) groups is 3. The van der Waals surface area contributed by atoms with Crippen LogP contribution in [0.3, 0.4) is 0 Å². The predicted molar refractivity (Wildman–Crippen MR) is 113 cm³/mol. The van der Waals surface area contributed by atoms with Crippen molar-refractivity contribution in [3.8, 4) is 23.8 Å². The molecule has 0 saturated heterocycles. The van der Waals surface area contributed by atoms with Crippen LogP contribution in [-0.2, 0) is 19.1 Å². The molecule has 8 nitrogen and oxygen atoms in total. The molecule has 1 atom stereocenters. The van der Waals surface area contributed by atoms with E-state index < -0.39 is 23.8 Å². The van der Waals surface area contributed by atoms with E-state index in [2.05, 4.69) is 11.2 Å². The van der Waals surface area contributed by atoms with Crippen molar-refractivity contribution in [1.82, 2.24) is 5.32 Å². The summed E-state index contributed by atoms with van der Waals surface area (Å²) in [6.45, 7) is 1.51. The average molecular weight is 430 g/mol. The first kappa shape index (κ1) is 22.8. The fraction of sp³-hybridized carbons (Fsp3) is 0.286. The number of rotatable bonds is 9. The molecule has 2 rings (SSSR count). The third-order valence-corrected chi connectivity index (χ3v) is 4.94. The van der Waals surface area contributed by atoms with Crippen LogP contribution in [0.2, 0.25) is 0 Å². The first-order valence-corrected chi connectivity index (χ1v) is 9.83. The third-order valence-electron chi connectivity index (χ3n) is 4.02. The van der Waals surface area contributed by atoms with E-state index in [0.29, 0.717) is 10.6 Å². The van der Waals surface area contributed by atoms with Gasteiger partial charge >= 0.3 is 11.9 Å². The van der Waals surface area contributed by atoms with Crippen molar-refractivity contribution in [1.29, 1.82) is 0 Å². The van der Waals surface area contributed by atoms with Crippen LogP contribution < -0.4 is 19.7 Å². The standard InChI is InChI=1S/C21H22N2O6S/c1-5-18(24)23(15-10-9-14(27-3)12-16(15)28-4)20(17-8-7-11-30-17)21(26)22-13-19(25)29-6-2/h1,7-12,20H,6,13H2,2-4H3,(H,22,26)/t20-/m0/s1. The number of carbonyl (C=O) groups excluding carboxylic acids is 3. The number of terminal acetylenes is 1. The van der Waals surface area contributed by atoms with Gasteiger partial charge in [0.2, 0.25) is 5.91 Å². The maximum Gasteiger partial charge on any atom is 0.325 e. The first-order valence-electron chi connectivity index (χ1n) is 8.95. The van der Waals surface area contributed by atoms with Crippen LogP contribution in [0.4, 0.5) is 5.69 Å². The number of nitrogens with zero attached hydrogens (tertiary/aromatic N) is 1. The molecule has 0 aliphatic rings. The number of hydrogen-bond acceptors (Lipinski definition) is 7. The van der Waals surface area contributed by atoms with Crippen LogP contribution in [0.5, 0.6) is 11.5 Å². The van der Waals surface area contributed by atoms with Gasteiger partial charge in [-0.25, -0.2) is 0 Å². The van der Waals surface area contributed by atoms with Gasteiger partial charge in [-0.2, -0.15) is 0 Å². The van der Waals surface area contributed by atoms with E-state index in [1.807, 2.05) is 0 Å². The zero-order chi connectivity index (χ0) is 22.1. The van der Waals surface area contributed by atoms with E-state index in [1.165, 1.54) is 25.6 Å². The van der Waals surface area contributed by atoms with E-state index in [1.54, 1.807) is 42.6 Å². The Labute approximate surface area is 178 Å². The fourth-order valence-corrected chi connectivity index (χ4v) is 3.52. The number of esters is 1. The molecule has 2 amide bonds. The molecule has 0 aliphatic carbocycles. The van der Waals surface area contributed by atoms with Crippen LogP contribution in [0.25, 0.3) is 0 Å². The van der Waals surface area contributed by atoms with Crippen molar-refractivity contribution in [2.75, 3.05) is 32.3 Å². The largest absolute Gasteiger partial charge is 0.497 e. The van der Waals surface area contributed by atoms with Gasteiger partial charge in [-0.3, -0.25) is 19.3 Å². The Kier molecular flexibility index (Phi) is 8.26. The molecule has 30 heavy (non-hydrogen) atoms. The van der Waals surface area contributed by atoms with Crippen LogP contribution in [-0.4, -0.2) is 45.2 Å². The van der Waals surface area contributed by atoms with Crippen molar-refractivity contribution >= 4 is 34.8 Å². The summed E-state index contributed by atoms with van der Waals surface area (Å²) in [5, 5.41) is 4.28. The Balaban J connectivity index is 2.51. The lowest BCUT2D eigenvalue weighted by Gasteiger charge is -2.30. The zero-order valence-corrected chi connectivity index (χ0v) is 17.7. The second-order valence-corrected chi connectivity index (χ2v) is 6.78. The minimum Gasteiger partial charge on any atom is -0.497 e. The highest BCUT2D eigenvalue weighted by atomic mass is 32.1. The number of hydrogen-bond donors (Lipinski definition) is 1. The normalized spacial score (nSPS) is 11.0. The smallest absolute Gasteiger partial charge is 0.325 e. The number of benzene rings is 1. The number of amides is 2. The van der Waals surface area contributed by atoms with Crippen molar-refractivity contribution in [2.24, 2.45) is 0 Å². The highest BCUT2D eigenvalue weighted by Gasteiger charge is 2.35. The van der Waals surface area contributed by atoms with Gasteiger partial charge in [-0.05, 0) is 36.4 Å². The topological polar surface area (TPSA) is 94.2 Å². The average Bonchev–Trinajstić information content (AvgIpc) is 3.29. The van der Waals surface area contributed by atoms with Crippen LogP contribution in [0.15, 0.2) is 35.7 Å². The molecule has 1 heterocycles. The van der Waals surface area contributed by atoms with E-state index in [4.69, 9.17) is 20.6 Å². The maximum atomic E-state index is 13.1. The molecule has 1 aromatic carbocycles. The summed E-state index contributed by atoms with van der Waals surface area (Å²) in [6.07, 6.45) is 5.40. The summed E-state index contributed by atoms with van der Waals surface area (Å²) in [7, 11) is 2.92. The van der Waals surface area contributed by atoms with E-state index in [9.17, 15) is 14.4 Å². The lowest BCUT2D eigenvalue weighted by atomic mass is 10.1. The van der Waals surface area contributed by atoms with Gasteiger partial charge in [0.05, 0.1) is 26.5 Å². The van der Waals surface area contributed by atoms with Gasteiger partial charge in [0, 0.05) is 10.9 Å². The predicted octanol–water partition coefficient (Wildman–Crippen LogP) is 2.15. The molecule has 0 fully saturated rings. The Morgan fingerprint density at radius 3 is 2.57 bits per heavy atom. The van der Waals surface area contributed by atoms with Gasteiger partial charge < -0.3 is 19.5 Å². The molecule has 0 bridgehead atoms. The van der Waals surface area contributed by atoms with Gasteiger partial charge in [0.25, 0.3) is 0 Å². The summed E-state index contributed by atoms with van der Waals surface area (Å²) in [6, 6.07) is 7.10. The molecule has 0 spiro atoms. The molecule has 2 aromatic rings. The number of thiophene rings is 1. The monoisotopic (exact) mass is 430 g/mol. The molecule has 0 radical (unpaired) electrons. The lowest BCUT2D eigenvalue weighted by Crippen LogP contribution is -2.44. The van der Waals surface area contributed by atoms with Crippen molar-refractivity contribution in [3.63, 3.8) is 0 Å². The summed E-state index contributed by atoms with van der Waals surface area (Å²) >= 11 is 1.27. The zero-order valence-electron chi connectivity index (χ0n) is 16.8. The lowest BCUT2D eigenvalue weighted by molar-refractivity contribution is -0.143. The van der Waals surface area contributed by atoms with Gasteiger partial charge in [0.15, 0.2) is 6.04 Å². The molecule has 9 heteroatoms. The Bertz CT molecular complexity index is 935. The van der Waals surface area contributed by atoms with Crippen molar-refractivity contribution in [3.05, 3.63) is 40.6 Å². The molecule has 0 aliphatic heterocycles. The second-order valence-electron chi connectivity index (χ2n) is 5.80. The number of ether oxygens (including phenoxy) is 3. The van der Waals surface area contributed by atoms with Crippen molar-refractivity contribution < 1.29 is 28.6 Å². The molecule has 0 unspecified atom stereocenters. The maximum absolute atomic E-state index is 13.1. The molecule has 0 saturated carbocycles. The number of methoxy groups -OCH3 is 2. The minimum atomic E-state index is -1.12. The summed E-state index contributed by atoms with van der Waals surface area (Å²) in [4.78, 5) is 39.2. The SMILES string of the molecule is C#CC(=O)N(c1ccc(OC)cc1OC)[C@H](C(=O)NCC(=O)OCC)c1cccs1. The van der Waals surface area contributed by atoms with E-state index >= 15 is 0 Å². The third kappa shape index (κ3) is 5.30. The van der Waals surface area contributed by atoms with Crippen LogP contribution in [0, 0.1) is 12.3 Å². The highest BCUT2D eigenvalue weighted by Crippen LogP contribution is 2.38. The summed E-state index contributed by atoms with van der Waals surface area (Å²) in [5.74, 6) is 0.924. The fourth-order valence-electron chi connectivity index (χ4n) is 2.71. The van der Waals surface area contributed by atoms with Crippen molar-refractivity contribution in [2.45, 2.75) is 13.0 Å². The van der Waals surface area contributed by atoms with E-state index in [0.717, 1.165) is 4.90 Å². The molecule has 1 aromatic heterocycles. The number of nitrogens with one attached hydrogen (secondary N) is 1. The first-order chi connectivity index (χ1) is 14.5. The second kappa shape index (κ2) is 10.9. The molecular weight excluding hydrogens is 408 g/mol. The summed E-state index contributed by atoms with van der Waals surface area (Å²) in [5.41, 5.74) is 0.283. The Hall–Kier alpha value is -3.51. The Morgan fingerprint density at radius 2 is 2.00 bits per heavy atom. The van der Waals surface area contributed by atoms with Gasteiger partial charge in [-0.15, -0.1) is 17.8 Å². The van der Waals surface area contributed by atoms with Gasteiger partial charge in [0.1, 0.15) is 18.0 Å². The number of anilines is 1. The molecule has 158 valence electrons. The highest BCUT2D eigenvalue weighted by molar-refractivity contribution is 7.10. The molecule has 1 N–H and O–H groups in total.